The molecule has 0 spiro atoms. The summed E-state index contributed by atoms with van der Waals surface area (Å²) >= 11 is 0. The first-order valence-corrected chi connectivity index (χ1v) is 9.28. The second-order valence-corrected chi connectivity index (χ2v) is 8.90. The molecule has 0 aromatic heterocycles. The summed E-state index contributed by atoms with van der Waals surface area (Å²) in [5.41, 5.74) is 0. The molecule has 2 bridgehead atoms. The predicted octanol–water partition coefficient (Wildman–Crippen LogP) is 0.775. The van der Waals surface area contributed by atoms with Gasteiger partial charge in [-0.1, -0.05) is 18.2 Å². The van der Waals surface area contributed by atoms with Crippen molar-refractivity contribution in [2.24, 2.45) is 5.92 Å². The van der Waals surface area contributed by atoms with E-state index in [1.165, 1.54) is 0 Å². The van der Waals surface area contributed by atoms with E-state index in [9.17, 15) is 0 Å². The van der Waals surface area contributed by atoms with Gasteiger partial charge in [0.15, 0.2) is 0 Å². The zero-order chi connectivity index (χ0) is 17.8. The fraction of sp³-hybridized carbons (Fsp3) is 0.750. The van der Waals surface area contributed by atoms with Gasteiger partial charge in [0.05, 0.1) is 0 Å². The van der Waals surface area contributed by atoms with E-state index in [2.05, 4.69) is 99.8 Å². The van der Waals surface area contributed by atoms with Gasteiger partial charge in [0.25, 0.3) is 0 Å². The minimum Gasteiger partial charge on any atom is -0.351 e. The number of hydrogen-bond donors (Lipinski definition) is 0. The van der Waals surface area contributed by atoms with Crippen LogP contribution in [0.25, 0.3) is 0 Å². The van der Waals surface area contributed by atoms with Gasteiger partial charge in [-0.05, 0) is 79.8 Å². The van der Waals surface area contributed by atoms with Gasteiger partial charge in [-0.3, -0.25) is 0 Å². The zero-order valence-corrected chi connectivity index (χ0v) is 16.7. The first kappa shape index (κ1) is 18.4. The van der Waals surface area contributed by atoms with Crippen molar-refractivity contribution in [3.8, 4) is 0 Å². The van der Waals surface area contributed by atoms with Crippen molar-refractivity contribution in [1.29, 1.82) is 0 Å². The van der Waals surface area contributed by atoms with Crippen LogP contribution in [-0.2, 0) is 0 Å². The predicted molar refractivity (Wildman–Crippen MR) is 111 cm³/mol. The minimum atomic E-state index is 0.495. The molecule has 4 nitrogen and oxygen atoms in total. The molecule has 0 aromatic rings. The highest BCUT2D eigenvalue weighted by Gasteiger charge is 2.61. The molecule has 0 radical (unpaired) electrons. The Labute approximate surface area is 150 Å². The molecule has 1 fully saturated rings. The third-order valence-electron chi connectivity index (χ3n) is 6.69. The molecule has 0 unspecified atom stereocenters. The van der Waals surface area contributed by atoms with Crippen molar-refractivity contribution in [3.63, 3.8) is 0 Å². The second kappa shape index (κ2) is 6.71. The summed E-state index contributed by atoms with van der Waals surface area (Å²) in [6.07, 6.45) is 7.60. The standard InChI is InChI=1S/C16H32B4N4/c1-21(2)17-12-11-13-14-9-10-15(16(13)20(17)24(7)8)19(23(5)6)18(14)22(3)4/h9-16H,1-8H3/t13-,14+,15-,16-/m0/s1. The minimum absolute atomic E-state index is 0.495. The zero-order valence-electron chi connectivity index (χ0n) is 16.7. The molecular weight excluding hydrogens is 291 g/mol. The average Bonchev–Trinajstić information content (AvgIpc) is 2.52. The molecule has 0 aromatic carbocycles. The van der Waals surface area contributed by atoms with Gasteiger partial charge in [0.1, 0.15) is 0 Å². The highest BCUT2D eigenvalue weighted by atomic mass is 15.1. The molecule has 4 atom stereocenters. The van der Waals surface area contributed by atoms with E-state index < -0.39 is 0 Å². The molecule has 0 saturated carbocycles. The maximum Gasteiger partial charge on any atom is 0.233 e. The highest BCUT2D eigenvalue weighted by Crippen LogP contribution is 2.57. The lowest BCUT2D eigenvalue weighted by Gasteiger charge is -2.58. The molecule has 3 heterocycles. The lowest BCUT2D eigenvalue weighted by atomic mass is 8.98. The van der Waals surface area contributed by atoms with Crippen LogP contribution in [0.4, 0.5) is 0 Å². The fourth-order valence-electron chi connectivity index (χ4n) is 5.89. The van der Waals surface area contributed by atoms with Crippen LogP contribution in [0.3, 0.4) is 0 Å². The summed E-state index contributed by atoms with van der Waals surface area (Å²) in [6, 6.07) is 0. The molecule has 8 heteroatoms. The highest BCUT2D eigenvalue weighted by molar-refractivity contribution is 7.26. The van der Waals surface area contributed by atoms with Gasteiger partial charge in [0, 0.05) is 0 Å². The van der Waals surface area contributed by atoms with E-state index in [0.717, 1.165) is 0 Å². The Bertz CT molecular complexity index is 522. The summed E-state index contributed by atoms with van der Waals surface area (Å²) in [5.74, 6) is 5.05. The van der Waals surface area contributed by atoms with Crippen molar-refractivity contribution >= 4 is 27.0 Å². The summed E-state index contributed by atoms with van der Waals surface area (Å²) in [6.45, 7) is 2.25. The molecule has 24 heavy (non-hydrogen) atoms. The summed E-state index contributed by atoms with van der Waals surface area (Å²) in [5, 5.41) is 0. The van der Waals surface area contributed by atoms with Crippen LogP contribution in [0, 0.1) is 5.92 Å². The van der Waals surface area contributed by atoms with E-state index in [4.69, 9.17) is 0 Å². The SMILES string of the molecule is CN(C)B1C=C[C@@H]2[C@H](B1N(C)C)[C@@H]1C=C[C@H]2B(N(C)C)B1N(C)C. The quantitative estimate of drug-likeness (QED) is 0.560. The summed E-state index contributed by atoms with van der Waals surface area (Å²) < 4.78 is 0. The smallest absolute Gasteiger partial charge is 0.233 e. The Morgan fingerprint density at radius 1 is 0.583 bits per heavy atom. The van der Waals surface area contributed by atoms with E-state index in [-0.39, 0.29) is 0 Å². The van der Waals surface area contributed by atoms with Crippen LogP contribution >= 0.6 is 0 Å². The third kappa shape index (κ3) is 2.76. The van der Waals surface area contributed by atoms with E-state index >= 15 is 0 Å². The van der Waals surface area contributed by atoms with Crippen LogP contribution in [-0.4, -0.2) is 103 Å². The van der Waals surface area contributed by atoms with Crippen LogP contribution in [0.2, 0.25) is 17.5 Å². The van der Waals surface area contributed by atoms with Gasteiger partial charge in [-0.2, -0.15) is 0 Å². The van der Waals surface area contributed by atoms with Crippen molar-refractivity contribution < 1.29 is 0 Å². The maximum atomic E-state index is 2.54. The molecule has 4 aliphatic rings. The van der Waals surface area contributed by atoms with Crippen molar-refractivity contribution in [2.75, 3.05) is 56.4 Å². The monoisotopic (exact) mass is 324 g/mol. The molecule has 0 amide bonds. The van der Waals surface area contributed by atoms with Gasteiger partial charge in [-0.15, -0.1) is 5.98 Å². The lowest BCUT2D eigenvalue weighted by Crippen LogP contribution is -2.70. The molecule has 1 aliphatic carbocycles. The van der Waals surface area contributed by atoms with E-state index in [1.807, 2.05) is 0 Å². The van der Waals surface area contributed by atoms with Crippen LogP contribution in [0.1, 0.15) is 0 Å². The number of nitrogens with zero attached hydrogens (tertiary/aromatic N) is 4. The third-order valence-corrected chi connectivity index (χ3v) is 6.69. The molecule has 4 rings (SSSR count). The number of allylic oxidation sites excluding steroid dienone is 3. The van der Waals surface area contributed by atoms with Crippen molar-refractivity contribution in [3.05, 3.63) is 24.2 Å². The Balaban J connectivity index is 2.05. The van der Waals surface area contributed by atoms with Gasteiger partial charge >= 0.3 is 0 Å². The van der Waals surface area contributed by atoms with Crippen LogP contribution in [0.5, 0.6) is 0 Å². The largest absolute Gasteiger partial charge is 0.351 e. The Morgan fingerprint density at radius 2 is 1.08 bits per heavy atom. The Kier molecular flexibility index (Phi) is 5.14. The molecule has 0 N–H and O–H groups in total. The van der Waals surface area contributed by atoms with Crippen LogP contribution in [0.15, 0.2) is 24.2 Å². The molecule has 128 valence electrons. The summed E-state index contributed by atoms with van der Waals surface area (Å²) in [4.78, 5) is 9.78. The summed E-state index contributed by atoms with van der Waals surface area (Å²) in [7, 11) is 18.0. The molecule has 1 saturated heterocycles. The number of rotatable bonds is 4. The van der Waals surface area contributed by atoms with Crippen LogP contribution < -0.4 is 0 Å². The Morgan fingerprint density at radius 3 is 1.58 bits per heavy atom. The van der Waals surface area contributed by atoms with E-state index in [1.54, 1.807) is 0 Å². The topological polar surface area (TPSA) is 13.0 Å². The average molecular weight is 324 g/mol. The number of fused-ring (bicyclic) bond motifs is 1. The molecule has 3 aliphatic heterocycles. The fourth-order valence-corrected chi connectivity index (χ4v) is 5.89. The first-order chi connectivity index (χ1) is 11.3. The van der Waals surface area contributed by atoms with Gasteiger partial charge in [-0.25, -0.2) is 0 Å². The second-order valence-electron chi connectivity index (χ2n) is 8.90. The maximum absolute atomic E-state index is 2.54. The van der Waals surface area contributed by atoms with Gasteiger partial charge < -0.3 is 19.2 Å². The Hall–Kier alpha value is -0.420. The lowest BCUT2D eigenvalue weighted by molar-refractivity contribution is 0.467. The van der Waals surface area contributed by atoms with Gasteiger partial charge in [0.2, 0.25) is 27.0 Å². The van der Waals surface area contributed by atoms with Crippen molar-refractivity contribution in [1.82, 2.24) is 19.2 Å². The normalized spacial score (nSPS) is 32.2. The number of hydrogen-bond acceptors (Lipinski definition) is 4. The first-order valence-electron chi connectivity index (χ1n) is 9.28. The van der Waals surface area contributed by atoms with Crippen molar-refractivity contribution in [2.45, 2.75) is 17.5 Å². The molecular formula is C16H32B4N4. The van der Waals surface area contributed by atoms with E-state index in [0.29, 0.717) is 50.3 Å².